The molecule has 0 saturated heterocycles. The van der Waals surface area contributed by atoms with E-state index in [4.69, 9.17) is 0 Å². The van der Waals surface area contributed by atoms with E-state index in [9.17, 15) is 23.0 Å². The first-order valence-corrected chi connectivity index (χ1v) is 12.7. The Kier molecular flexibility index (Phi) is 7.74. The van der Waals surface area contributed by atoms with Crippen LogP contribution in [0.4, 0.5) is 9.18 Å². The van der Waals surface area contributed by atoms with Gasteiger partial charge in [-0.1, -0.05) is 32.5 Å². The predicted octanol–water partition coefficient (Wildman–Crippen LogP) is 1.10. The van der Waals surface area contributed by atoms with Gasteiger partial charge in [-0.25, -0.2) is 14.2 Å². The van der Waals surface area contributed by atoms with E-state index in [1.165, 1.54) is 6.04 Å². The van der Waals surface area contributed by atoms with Crippen molar-refractivity contribution in [2.75, 3.05) is 18.1 Å². The van der Waals surface area contributed by atoms with Crippen molar-refractivity contribution in [1.82, 2.24) is 14.9 Å². The Labute approximate surface area is 143 Å². The summed E-state index contributed by atoms with van der Waals surface area (Å²) in [4.78, 5) is 35.8. The lowest BCUT2D eigenvalue weighted by atomic mass is 10.6. The van der Waals surface area contributed by atoms with Gasteiger partial charge in [0.2, 0.25) is 5.82 Å². The quantitative estimate of drug-likeness (QED) is 0.663. The summed E-state index contributed by atoms with van der Waals surface area (Å²) >= 11 is 0. The number of carbonyl (C=O) groups excluding carboxylic acids is 1. The van der Waals surface area contributed by atoms with Gasteiger partial charge in [0.15, 0.2) is 0 Å². The Bertz CT molecular complexity index is 717. The monoisotopic (exact) mass is 377 g/mol. The van der Waals surface area contributed by atoms with E-state index in [0.717, 1.165) is 12.5 Å². The molecular formula is C14H24FN3O4SSi. The molecule has 0 aliphatic rings. The number of carbonyl (C=O) groups is 1. The van der Waals surface area contributed by atoms with Gasteiger partial charge in [-0.2, -0.15) is 4.39 Å². The number of hydrogen-bond acceptors (Lipinski definition) is 4. The third-order valence-electron chi connectivity index (χ3n) is 3.66. The maximum atomic E-state index is 13.1. The SMILES string of the molecule is CCC[Si](C)(C)CCS(=O)CCNC(=O)n1cc(F)c(=O)[nH]c1=O. The van der Waals surface area contributed by atoms with E-state index in [1.807, 2.05) is 0 Å². The summed E-state index contributed by atoms with van der Waals surface area (Å²) in [6.45, 7) is 6.79. The molecule has 1 heterocycles. The van der Waals surface area contributed by atoms with Gasteiger partial charge in [-0.15, -0.1) is 0 Å². The van der Waals surface area contributed by atoms with Crippen LogP contribution in [0.25, 0.3) is 0 Å². The first kappa shape index (κ1) is 20.5. The molecule has 0 aliphatic heterocycles. The number of H-pyrrole nitrogens is 1. The van der Waals surface area contributed by atoms with Gasteiger partial charge in [0.05, 0.1) is 6.20 Å². The van der Waals surface area contributed by atoms with Crippen molar-refractivity contribution in [3.8, 4) is 0 Å². The van der Waals surface area contributed by atoms with Gasteiger partial charge in [0, 0.05) is 36.9 Å². The number of halogens is 1. The summed E-state index contributed by atoms with van der Waals surface area (Å²) < 4.78 is 25.5. The van der Waals surface area contributed by atoms with E-state index >= 15 is 0 Å². The van der Waals surface area contributed by atoms with Crippen LogP contribution < -0.4 is 16.6 Å². The third-order valence-corrected chi connectivity index (χ3v) is 8.80. The molecule has 10 heteroatoms. The minimum absolute atomic E-state index is 0.106. The molecule has 1 aromatic rings. The van der Waals surface area contributed by atoms with Crippen molar-refractivity contribution in [2.24, 2.45) is 0 Å². The zero-order valence-corrected chi connectivity index (χ0v) is 16.0. The van der Waals surface area contributed by atoms with Crippen LogP contribution in [0.15, 0.2) is 15.8 Å². The lowest BCUT2D eigenvalue weighted by Gasteiger charge is -2.21. The molecule has 7 nitrogen and oxygen atoms in total. The molecule has 0 spiro atoms. The average molecular weight is 378 g/mol. The molecule has 0 bridgehead atoms. The molecule has 24 heavy (non-hydrogen) atoms. The highest BCUT2D eigenvalue weighted by molar-refractivity contribution is 7.85. The smallest absolute Gasteiger partial charge is 0.336 e. The fourth-order valence-electron chi connectivity index (χ4n) is 2.25. The number of aromatic amines is 1. The van der Waals surface area contributed by atoms with Crippen molar-refractivity contribution in [1.29, 1.82) is 0 Å². The molecule has 0 aliphatic carbocycles. The molecule has 1 unspecified atom stereocenters. The van der Waals surface area contributed by atoms with Crippen LogP contribution in [0, 0.1) is 5.82 Å². The van der Waals surface area contributed by atoms with Crippen LogP contribution in [-0.4, -0.2) is 45.9 Å². The van der Waals surface area contributed by atoms with E-state index in [1.54, 1.807) is 4.98 Å². The van der Waals surface area contributed by atoms with Crippen LogP contribution in [0.2, 0.25) is 25.2 Å². The van der Waals surface area contributed by atoms with Crippen molar-refractivity contribution < 1.29 is 13.4 Å². The zero-order chi connectivity index (χ0) is 18.3. The van der Waals surface area contributed by atoms with Gasteiger partial charge in [-0.05, 0) is 6.04 Å². The standard InChI is InChI=1S/C14H24FN3O4SSi/c1-4-8-24(2,3)9-7-23(22)6-5-16-13(20)18-10-11(15)12(19)17-14(18)21/h10H,4-9H2,1-3H3,(H,16,20)(H,17,19,21). The van der Waals surface area contributed by atoms with Crippen LogP contribution >= 0.6 is 0 Å². The van der Waals surface area contributed by atoms with Crippen molar-refractivity contribution >= 4 is 24.9 Å². The number of amides is 1. The summed E-state index contributed by atoms with van der Waals surface area (Å²) in [5.41, 5.74) is -2.20. The molecule has 0 radical (unpaired) electrons. The first-order valence-electron chi connectivity index (χ1n) is 7.81. The zero-order valence-electron chi connectivity index (χ0n) is 14.2. The molecule has 0 saturated carbocycles. The molecular weight excluding hydrogens is 353 g/mol. The largest absolute Gasteiger partial charge is 0.336 e. The van der Waals surface area contributed by atoms with Gasteiger partial charge in [-0.3, -0.25) is 14.0 Å². The summed E-state index contributed by atoms with van der Waals surface area (Å²) in [5.74, 6) is -0.359. The lowest BCUT2D eigenvalue weighted by Crippen LogP contribution is -2.41. The van der Waals surface area contributed by atoms with E-state index in [-0.39, 0.29) is 12.3 Å². The van der Waals surface area contributed by atoms with Gasteiger partial charge >= 0.3 is 11.7 Å². The minimum Gasteiger partial charge on any atom is -0.336 e. The molecule has 136 valence electrons. The Balaban J connectivity index is 2.46. The summed E-state index contributed by atoms with van der Waals surface area (Å²) in [6, 6.07) is 1.29. The lowest BCUT2D eigenvalue weighted by molar-refractivity contribution is 0.241. The minimum atomic E-state index is -1.30. The maximum Gasteiger partial charge on any atom is 0.336 e. The first-order chi connectivity index (χ1) is 11.2. The van der Waals surface area contributed by atoms with Crippen molar-refractivity contribution in [3.05, 3.63) is 32.9 Å². The number of nitrogens with one attached hydrogen (secondary N) is 2. The van der Waals surface area contributed by atoms with Crippen LogP contribution in [-0.2, 0) is 10.8 Å². The van der Waals surface area contributed by atoms with Crippen LogP contribution in [0.3, 0.4) is 0 Å². The molecule has 1 atom stereocenters. The normalized spacial score (nSPS) is 12.8. The Hall–Kier alpha value is -1.55. The van der Waals surface area contributed by atoms with Crippen LogP contribution in [0.1, 0.15) is 13.3 Å². The van der Waals surface area contributed by atoms with Crippen molar-refractivity contribution in [3.63, 3.8) is 0 Å². The maximum absolute atomic E-state index is 13.1. The summed E-state index contributed by atoms with van der Waals surface area (Å²) in [5, 5.41) is 2.39. The third kappa shape index (κ3) is 6.52. The van der Waals surface area contributed by atoms with Gasteiger partial charge in [0.25, 0.3) is 5.56 Å². The topological polar surface area (TPSA) is 101 Å². The molecule has 1 rings (SSSR count). The van der Waals surface area contributed by atoms with E-state index in [0.29, 0.717) is 16.5 Å². The fourth-order valence-corrected chi connectivity index (χ4v) is 7.51. The Morgan fingerprint density at radius 3 is 2.62 bits per heavy atom. The number of hydrogen-bond donors (Lipinski definition) is 2. The molecule has 1 amide bonds. The highest BCUT2D eigenvalue weighted by Crippen LogP contribution is 2.17. The van der Waals surface area contributed by atoms with E-state index in [2.05, 4.69) is 25.3 Å². The molecule has 2 N–H and O–H groups in total. The van der Waals surface area contributed by atoms with E-state index < -0.39 is 42.0 Å². The predicted molar refractivity (Wildman–Crippen MR) is 95.3 cm³/mol. The average Bonchev–Trinajstić information content (AvgIpc) is 2.49. The fraction of sp³-hybridized carbons (Fsp3) is 0.643. The van der Waals surface area contributed by atoms with Crippen LogP contribution in [0.5, 0.6) is 0 Å². The summed E-state index contributed by atoms with van der Waals surface area (Å²) in [6.07, 6.45) is 1.67. The van der Waals surface area contributed by atoms with Gasteiger partial charge in [0.1, 0.15) is 0 Å². The van der Waals surface area contributed by atoms with Gasteiger partial charge < -0.3 is 5.32 Å². The summed E-state index contributed by atoms with van der Waals surface area (Å²) in [7, 11) is -2.36. The second kappa shape index (κ2) is 9.07. The highest BCUT2D eigenvalue weighted by atomic mass is 32.2. The Morgan fingerprint density at radius 1 is 1.33 bits per heavy atom. The number of rotatable bonds is 8. The highest BCUT2D eigenvalue weighted by Gasteiger charge is 2.20. The van der Waals surface area contributed by atoms with Crippen molar-refractivity contribution in [2.45, 2.75) is 38.5 Å². The second-order valence-electron chi connectivity index (χ2n) is 6.35. The number of nitrogens with zero attached hydrogens (tertiary/aromatic N) is 1. The second-order valence-corrected chi connectivity index (χ2v) is 13.4. The number of aromatic nitrogens is 2. The molecule has 0 fully saturated rings. The molecule has 1 aromatic heterocycles. The Morgan fingerprint density at radius 2 is 2.00 bits per heavy atom. The molecule has 0 aromatic carbocycles.